The Hall–Kier alpha value is -1.83. The number of rotatable bonds is 2. The molecule has 1 aromatic rings. The molecule has 0 bridgehead atoms. The molecule has 2 aliphatic rings. The highest BCUT2D eigenvalue weighted by Crippen LogP contribution is 2.49. The molecule has 0 N–H and O–H groups in total. The van der Waals surface area contributed by atoms with Crippen LogP contribution < -0.4 is 0 Å². The van der Waals surface area contributed by atoms with Crippen LogP contribution in [-0.4, -0.2) is 12.6 Å². The molecule has 0 unspecified atom stereocenters. The average molecular weight is 198 g/mol. The highest BCUT2D eigenvalue weighted by atomic mass is 16.5. The number of carbonyl (C=O) groups is 1. The summed E-state index contributed by atoms with van der Waals surface area (Å²) in [6.45, 7) is 2.26. The van der Waals surface area contributed by atoms with Crippen LogP contribution in [0.1, 0.15) is 17.3 Å². The van der Waals surface area contributed by atoms with E-state index in [1.807, 2.05) is 25.1 Å². The minimum atomic E-state index is -0.187. The molecule has 0 spiro atoms. The lowest BCUT2D eigenvalue weighted by molar-refractivity contribution is 0.0533. The normalized spacial score (nSPS) is 11.5. The van der Waals surface area contributed by atoms with Gasteiger partial charge in [-0.15, -0.1) is 0 Å². The lowest BCUT2D eigenvalue weighted by Crippen LogP contribution is -1.99. The van der Waals surface area contributed by atoms with Gasteiger partial charge in [-0.25, -0.2) is 4.79 Å². The summed E-state index contributed by atoms with van der Waals surface area (Å²) in [6.07, 6.45) is 0. The standard InChI is InChI=1S/C13H10O2/c1-2-15-13(14)12-10-7-8-5-3-4-6-9(8)11(10)12/h3-7H,2H2,1H3. The molecule has 0 radical (unpaired) electrons. The number of carbonyl (C=O) groups excluding carboxylic acids is 1. The van der Waals surface area contributed by atoms with Crippen LogP contribution in [0.25, 0.3) is 21.9 Å². The first-order chi connectivity index (χ1) is 7.33. The van der Waals surface area contributed by atoms with Gasteiger partial charge in [0.15, 0.2) is 0 Å². The van der Waals surface area contributed by atoms with E-state index >= 15 is 0 Å². The van der Waals surface area contributed by atoms with E-state index in [-0.39, 0.29) is 5.97 Å². The molecule has 0 amide bonds. The second kappa shape index (κ2) is 2.83. The highest BCUT2D eigenvalue weighted by molar-refractivity contribution is 6.24. The number of esters is 1. The maximum atomic E-state index is 11.5. The molecule has 1 aromatic carbocycles. The zero-order chi connectivity index (χ0) is 10.4. The summed E-state index contributed by atoms with van der Waals surface area (Å²) in [7, 11) is 0. The molecule has 74 valence electrons. The average Bonchev–Trinajstić information content (AvgIpc) is 2.83. The highest BCUT2D eigenvalue weighted by Gasteiger charge is 2.33. The van der Waals surface area contributed by atoms with Gasteiger partial charge in [0.2, 0.25) is 0 Å². The van der Waals surface area contributed by atoms with Crippen molar-refractivity contribution in [2.45, 2.75) is 6.92 Å². The van der Waals surface area contributed by atoms with E-state index in [0.29, 0.717) is 6.61 Å². The third-order valence-corrected chi connectivity index (χ3v) is 2.74. The van der Waals surface area contributed by atoms with Gasteiger partial charge >= 0.3 is 5.97 Å². The van der Waals surface area contributed by atoms with Gasteiger partial charge in [0, 0.05) is 5.56 Å². The Morgan fingerprint density at radius 2 is 2.13 bits per heavy atom. The minimum Gasteiger partial charge on any atom is -0.462 e. The second-order valence-corrected chi connectivity index (χ2v) is 3.62. The SMILES string of the molecule is CCOC(=O)c1c2cc3ccccc3c1-2. The fourth-order valence-corrected chi connectivity index (χ4v) is 2.05. The third-order valence-electron chi connectivity index (χ3n) is 2.74. The molecule has 15 heavy (non-hydrogen) atoms. The van der Waals surface area contributed by atoms with Crippen LogP contribution in [0.15, 0.2) is 30.3 Å². The van der Waals surface area contributed by atoms with Crippen molar-refractivity contribution in [3.8, 4) is 11.1 Å². The van der Waals surface area contributed by atoms with E-state index in [9.17, 15) is 4.79 Å². The van der Waals surface area contributed by atoms with Gasteiger partial charge in [0.1, 0.15) is 0 Å². The van der Waals surface area contributed by atoms with Crippen LogP contribution in [0.4, 0.5) is 0 Å². The molecule has 0 aromatic heterocycles. The molecular formula is C13H10O2. The smallest absolute Gasteiger partial charge is 0.339 e. The van der Waals surface area contributed by atoms with Gasteiger partial charge in [-0.3, -0.25) is 0 Å². The van der Waals surface area contributed by atoms with E-state index in [0.717, 1.165) is 22.1 Å². The van der Waals surface area contributed by atoms with Crippen molar-refractivity contribution < 1.29 is 9.53 Å². The third kappa shape index (κ3) is 1.08. The van der Waals surface area contributed by atoms with Gasteiger partial charge in [0.25, 0.3) is 0 Å². The Balaban J connectivity index is 2.09. The number of benzene rings is 2. The fourth-order valence-electron chi connectivity index (χ4n) is 2.05. The monoisotopic (exact) mass is 198 g/mol. The first kappa shape index (κ1) is 8.48. The molecule has 0 atom stereocenters. The van der Waals surface area contributed by atoms with E-state index in [2.05, 4.69) is 12.1 Å². The van der Waals surface area contributed by atoms with E-state index in [1.54, 1.807) is 0 Å². The molecule has 3 rings (SSSR count). The predicted molar refractivity (Wildman–Crippen MR) is 58.9 cm³/mol. The second-order valence-electron chi connectivity index (χ2n) is 3.62. The first-order valence-corrected chi connectivity index (χ1v) is 5.06. The van der Waals surface area contributed by atoms with Gasteiger partial charge in [-0.05, 0) is 29.3 Å². The van der Waals surface area contributed by atoms with Crippen molar-refractivity contribution >= 4 is 16.7 Å². The van der Waals surface area contributed by atoms with Crippen molar-refractivity contribution in [1.29, 1.82) is 0 Å². The van der Waals surface area contributed by atoms with Gasteiger partial charge < -0.3 is 4.74 Å². The van der Waals surface area contributed by atoms with Crippen LogP contribution in [0, 0.1) is 0 Å². The summed E-state index contributed by atoms with van der Waals surface area (Å²) < 4.78 is 4.98. The maximum Gasteiger partial charge on any atom is 0.339 e. The van der Waals surface area contributed by atoms with Crippen LogP contribution in [0.3, 0.4) is 0 Å². The first-order valence-electron chi connectivity index (χ1n) is 5.06. The van der Waals surface area contributed by atoms with Gasteiger partial charge in [0.05, 0.1) is 12.2 Å². The van der Waals surface area contributed by atoms with Crippen LogP contribution in [0.5, 0.6) is 0 Å². The Kier molecular flexibility index (Phi) is 1.60. The van der Waals surface area contributed by atoms with E-state index in [1.165, 1.54) is 5.39 Å². The van der Waals surface area contributed by atoms with E-state index in [4.69, 9.17) is 4.74 Å². The molecule has 2 nitrogen and oxygen atoms in total. The Morgan fingerprint density at radius 1 is 1.33 bits per heavy atom. The molecule has 0 saturated heterocycles. The molecular weight excluding hydrogens is 188 g/mol. The largest absolute Gasteiger partial charge is 0.462 e. The fraction of sp³-hybridized carbons (Fsp3) is 0.154. The van der Waals surface area contributed by atoms with Crippen LogP contribution in [-0.2, 0) is 4.74 Å². The quantitative estimate of drug-likeness (QED) is 0.592. The zero-order valence-electron chi connectivity index (χ0n) is 8.41. The van der Waals surface area contributed by atoms with Crippen molar-refractivity contribution in [3.05, 3.63) is 35.9 Å². The minimum absolute atomic E-state index is 0.187. The molecule has 2 heteroatoms. The molecule has 0 heterocycles. The Labute approximate surface area is 87.5 Å². The number of ether oxygens (including phenoxy) is 1. The lowest BCUT2D eigenvalue weighted by Gasteiger charge is -1.94. The predicted octanol–water partition coefficient (Wildman–Crippen LogP) is 3.00. The summed E-state index contributed by atoms with van der Waals surface area (Å²) in [6, 6.07) is 10.1. The van der Waals surface area contributed by atoms with Gasteiger partial charge in [-0.1, -0.05) is 24.3 Å². The number of hydrogen-bond acceptors (Lipinski definition) is 2. The van der Waals surface area contributed by atoms with Crippen LogP contribution >= 0.6 is 0 Å². The summed E-state index contributed by atoms with van der Waals surface area (Å²) in [5, 5.41) is 2.37. The number of hydrogen-bond donors (Lipinski definition) is 0. The molecule has 0 aliphatic heterocycles. The summed E-state index contributed by atoms with van der Waals surface area (Å²) in [5.74, 6) is -0.187. The Morgan fingerprint density at radius 3 is 2.93 bits per heavy atom. The molecule has 2 aliphatic carbocycles. The summed E-state index contributed by atoms with van der Waals surface area (Å²) in [4.78, 5) is 11.5. The maximum absolute atomic E-state index is 11.5. The summed E-state index contributed by atoms with van der Waals surface area (Å²) in [5.41, 5.74) is 2.93. The van der Waals surface area contributed by atoms with Crippen LogP contribution in [0.2, 0.25) is 0 Å². The number of fused-ring (bicyclic) bond motifs is 3. The van der Waals surface area contributed by atoms with E-state index < -0.39 is 0 Å². The van der Waals surface area contributed by atoms with Crippen molar-refractivity contribution in [1.82, 2.24) is 0 Å². The topological polar surface area (TPSA) is 26.3 Å². The van der Waals surface area contributed by atoms with Gasteiger partial charge in [-0.2, -0.15) is 0 Å². The lowest BCUT2D eigenvalue weighted by atomic mass is 10.2. The zero-order valence-corrected chi connectivity index (χ0v) is 8.41. The van der Waals surface area contributed by atoms with Crippen molar-refractivity contribution in [2.24, 2.45) is 0 Å². The summed E-state index contributed by atoms with van der Waals surface area (Å²) >= 11 is 0. The van der Waals surface area contributed by atoms with Crippen molar-refractivity contribution in [3.63, 3.8) is 0 Å². The Bertz CT molecular complexity index is 570. The van der Waals surface area contributed by atoms with Crippen molar-refractivity contribution in [2.75, 3.05) is 6.61 Å². The molecule has 0 fully saturated rings. The molecule has 0 saturated carbocycles.